The summed E-state index contributed by atoms with van der Waals surface area (Å²) in [6, 6.07) is 12.5. The summed E-state index contributed by atoms with van der Waals surface area (Å²) < 4.78 is 11.2. The molecule has 144 valence electrons. The third-order valence-electron chi connectivity index (χ3n) is 4.24. The van der Waals surface area contributed by atoms with Gasteiger partial charge in [-0.2, -0.15) is 0 Å². The van der Waals surface area contributed by atoms with E-state index in [1.165, 1.54) is 0 Å². The molecule has 0 aliphatic heterocycles. The fourth-order valence-corrected chi connectivity index (χ4v) is 2.28. The van der Waals surface area contributed by atoms with Crippen molar-refractivity contribution >= 4 is 11.8 Å². The zero-order valence-electron chi connectivity index (χ0n) is 16.2. The summed E-state index contributed by atoms with van der Waals surface area (Å²) in [5.41, 5.74) is 7.19. The van der Waals surface area contributed by atoms with Crippen molar-refractivity contribution in [2.45, 2.75) is 40.2 Å². The number of carbonyl (C=O) groups is 2. The van der Waals surface area contributed by atoms with Crippen LogP contribution < -0.4 is 20.3 Å². The van der Waals surface area contributed by atoms with Gasteiger partial charge in [-0.15, -0.1) is 0 Å². The number of ether oxygens (including phenoxy) is 2. The van der Waals surface area contributed by atoms with Crippen LogP contribution in [0.15, 0.2) is 42.5 Å². The molecule has 0 aliphatic carbocycles. The van der Waals surface area contributed by atoms with Crippen LogP contribution in [0.25, 0.3) is 0 Å². The van der Waals surface area contributed by atoms with Gasteiger partial charge < -0.3 is 9.47 Å². The minimum atomic E-state index is -0.448. The lowest BCUT2D eigenvalue weighted by Gasteiger charge is -2.14. The van der Waals surface area contributed by atoms with Crippen LogP contribution in [0, 0.1) is 13.8 Å². The van der Waals surface area contributed by atoms with Crippen LogP contribution in [0.5, 0.6) is 11.5 Å². The van der Waals surface area contributed by atoms with Crippen LogP contribution >= 0.6 is 0 Å². The van der Waals surface area contributed by atoms with Crippen LogP contribution in [0.4, 0.5) is 0 Å². The van der Waals surface area contributed by atoms with E-state index < -0.39 is 11.8 Å². The van der Waals surface area contributed by atoms with Crippen molar-refractivity contribution in [2.24, 2.45) is 0 Å². The Kier molecular flexibility index (Phi) is 7.23. The molecule has 2 rings (SSSR count). The Labute approximate surface area is 159 Å². The van der Waals surface area contributed by atoms with Crippen molar-refractivity contribution in [3.63, 3.8) is 0 Å². The van der Waals surface area contributed by atoms with Crippen molar-refractivity contribution in [1.82, 2.24) is 10.9 Å². The Hall–Kier alpha value is -3.02. The normalized spacial score (nSPS) is 11.4. The highest BCUT2D eigenvalue weighted by molar-refractivity contribution is 5.95. The second kappa shape index (κ2) is 9.62. The third kappa shape index (κ3) is 6.02. The van der Waals surface area contributed by atoms with Gasteiger partial charge in [-0.25, -0.2) is 0 Å². The molecule has 0 spiro atoms. The van der Waals surface area contributed by atoms with Gasteiger partial charge in [-0.1, -0.05) is 25.1 Å². The van der Waals surface area contributed by atoms with Crippen molar-refractivity contribution < 1.29 is 19.1 Å². The lowest BCUT2D eigenvalue weighted by atomic mass is 10.1. The summed E-state index contributed by atoms with van der Waals surface area (Å²) in [6.07, 6.45) is 0.928. The summed E-state index contributed by atoms with van der Waals surface area (Å²) in [5, 5.41) is 0. The Morgan fingerprint density at radius 2 is 1.81 bits per heavy atom. The van der Waals surface area contributed by atoms with Crippen LogP contribution in [0.1, 0.15) is 41.8 Å². The summed E-state index contributed by atoms with van der Waals surface area (Å²) in [7, 11) is 0. The van der Waals surface area contributed by atoms with Crippen LogP contribution in [0.3, 0.4) is 0 Å². The standard InChI is InChI=1S/C21H26N2O4/c1-5-15(3)27-18-10-7-9-17(12-18)21(25)23-22-20(24)13-26-19-11-6-8-14(2)16(19)4/h6-12,15H,5,13H2,1-4H3,(H,22,24)(H,23,25). The predicted octanol–water partition coefficient (Wildman–Crippen LogP) is 3.32. The number of hydrogen-bond acceptors (Lipinski definition) is 4. The molecule has 0 radical (unpaired) electrons. The topological polar surface area (TPSA) is 76.7 Å². The summed E-state index contributed by atoms with van der Waals surface area (Å²) in [4.78, 5) is 24.1. The van der Waals surface area contributed by atoms with Crippen LogP contribution in [-0.4, -0.2) is 24.5 Å². The van der Waals surface area contributed by atoms with E-state index in [1.54, 1.807) is 30.3 Å². The van der Waals surface area contributed by atoms with E-state index in [0.29, 0.717) is 17.1 Å². The average Bonchev–Trinajstić information content (AvgIpc) is 2.67. The molecule has 1 unspecified atom stereocenters. The number of hydrogen-bond donors (Lipinski definition) is 2. The molecule has 27 heavy (non-hydrogen) atoms. The first-order chi connectivity index (χ1) is 12.9. The summed E-state index contributed by atoms with van der Waals surface area (Å²) >= 11 is 0. The number of amides is 2. The van der Waals surface area contributed by atoms with Crippen molar-refractivity contribution in [3.05, 3.63) is 59.2 Å². The highest BCUT2D eigenvalue weighted by atomic mass is 16.5. The van der Waals surface area contributed by atoms with Gasteiger partial charge in [0, 0.05) is 5.56 Å². The largest absolute Gasteiger partial charge is 0.491 e. The molecule has 0 saturated heterocycles. The predicted molar refractivity (Wildman–Crippen MR) is 104 cm³/mol. The quantitative estimate of drug-likeness (QED) is 0.733. The second-order valence-corrected chi connectivity index (χ2v) is 6.35. The molecular formula is C21H26N2O4. The smallest absolute Gasteiger partial charge is 0.276 e. The molecule has 1 atom stereocenters. The molecule has 2 N–H and O–H groups in total. The maximum Gasteiger partial charge on any atom is 0.276 e. The van der Waals surface area contributed by atoms with E-state index in [-0.39, 0.29) is 12.7 Å². The Bertz CT molecular complexity index is 805. The van der Waals surface area contributed by atoms with Gasteiger partial charge in [0.25, 0.3) is 11.8 Å². The molecule has 6 nitrogen and oxygen atoms in total. The summed E-state index contributed by atoms with van der Waals surface area (Å²) in [6.45, 7) is 7.70. The number of carbonyl (C=O) groups excluding carboxylic acids is 2. The van der Waals surface area contributed by atoms with E-state index in [2.05, 4.69) is 10.9 Å². The lowest BCUT2D eigenvalue weighted by Crippen LogP contribution is -2.43. The molecule has 0 heterocycles. The molecule has 6 heteroatoms. The van der Waals surface area contributed by atoms with Crippen LogP contribution in [-0.2, 0) is 4.79 Å². The zero-order valence-corrected chi connectivity index (χ0v) is 16.2. The number of rotatable bonds is 7. The molecule has 2 aromatic carbocycles. The average molecular weight is 370 g/mol. The molecule has 0 aliphatic rings. The third-order valence-corrected chi connectivity index (χ3v) is 4.24. The van der Waals surface area contributed by atoms with Gasteiger partial charge in [0.05, 0.1) is 6.10 Å². The molecule has 0 bridgehead atoms. The van der Waals surface area contributed by atoms with E-state index >= 15 is 0 Å². The maximum absolute atomic E-state index is 12.2. The Morgan fingerprint density at radius 3 is 2.56 bits per heavy atom. The number of nitrogens with one attached hydrogen (secondary N) is 2. The van der Waals surface area contributed by atoms with Gasteiger partial charge in [0.1, 0.15) is 11.5 Å². The molecular weight excluding hydrogens is 344 g/mol. The first-order valence-corrected chi connectivity index (χ1v) is 8.95. The van der Waals surface area contributed by atoms with Gasteiger partial charge in [0.15, 0.2) is 6.61 Å². The van der Waals surface area contributed by atoms with Crippen molar-refractivity contribution in [2.75, 3.05) is 6.61 Å². The molecule has 2 amide bonds. The van der Waals surface area contributed by atoms with E-state index in [0.717, 1.165) is 17.5 Å². The lowest BCUT2D eigenvalue weighted by molar-refractivity contribution is -0.123. The zero-order chi connectivity index (χ0) is 19.8. The van der Waals surface area contributed by atoms with Crippen molar-refractivity contribution in [1.29, 1.82) is 0 Å². The van der Waals surface area contributed by atoms with E-state index in [4.69, 9.17) is 9.47 Å². The Morgan fingerprint density at radius 1 is 1.07 bits per heavy atom. The van der Waals surface area contributed by atoms with E-state index in [9.17, 15) is 9.59 Å². The van der Waals surface area contributed by atoms with Gasteiger partial charge >= 0.3 is 0 Å². The first kappa shape index (κ1) is 20.3. The monoisotopic (exact) mass is 370 g/mol. The Balaban J connectivity index is 1.85. The molecule has 0 saturated carbocycles. The summed E-state index contributed by atoms with van der Waals surface area (Å²) in [5.74, 6) is 0.383. The fraction of sp³-hybridized carbons (Fsp3) is 0.333. The molecule has 2 aromatic rings. The van der Waals surface area contributed by atoms with Gasteiger partial charge in [-0.3, -0.25) is 20.4 Å². The maximum atomic E-state index is 12.2. The van der Waals surface area contributed by atoms with Gasteiger partial charge in [-0.05, 0) is 62.6 Å². The highest BCUT2D eigenvalue weighted by Gasteiger charge is 2.11. The van der Waals surface area contributed by atoms with Gasteiger partial charge in [0.2, 0.25) is 0 Å². The van der Waals surface area contributed by atoms with Crippen LogP contribution in [0.2, 0.25) is 0 Å². The molecule has 0 aromatic heterocycles. The second-order valence-electron chi connectivity index (χ2n) is 6.35. The van der Waals surface area contributed by atoms with Crippen molar-refractivity contribution in [3.8, 4) is 11.5 Å². The fourth-order valence-electron chi connectivity index (χ4n) is 2.28. The SMILES string of the molecule is CCC(C)Oc1cccc(C(=O)NNC(=O)COc2cccc(C)c2C)c1. The number of aryl methyl sites for hydroxylation is 1. The number of hydrazine groups is 1. The number of benzene rings is 2. The minimum absolute atomic E-state index is 0.0604. The molecule has 0 fully saturated rings. The first-order valence-electron chi connectivity index (χ1n) is 8.95. The van der Waals surface area contributed by atoms with E-state index in [1.807, 2.05) is 39.8 Å². The highest BCUT2D eigenvalue weighted by Crippen LogP contribution is 2.20. The minimum Gasteiger partial charge on any atom is -0.491 e.